The number of rotatable bonds is 6. The van der Waals surface area contributed by atoms with E-state index in [0.29, 0.717) is 6.04 Å². The van der Waals surface area contributed by atoms with Gasteiger partial charge in [0, 0.05) is 31.7 Å². The van der Waals surface area contributed by atoms with Crippen LogP contribution in [0.2, 0.25) is 0 Å². The molecule has 1 aliphatic heterocycles. The van der Waals surface area contributed by atoms with Crippen LogP contribution in [0, 0.1) is 11.8 Å². The molecule has 21 heavy (non-hydrogen) atoms. The second-order valence-corrected chi connectivity index (χ2v) is 7.15. The molecule has 0 amide bonds. The van der Waals surface area contributed by atoms with Gasteiger partial charge in [-0.15, -0.1) is 0 Å². The Bertz CT molecular complexity index is 426. The minimum atomic E-state index is 0.617. The van der Waals surface area contributed by atoms with Gasteiger partial charge in [0.15, 0.2) is 0 Å². The molecule has 116 valence electrons. The van der Waals surface area contributed by atoms with Crippen molar-refractivity contribution in [3.63, 3.8) is 0 Å². The van der Waals surface area contributed by atoms with Gasteiger partial charge in [0.05, 0.1) is 0 Å². The van der Waals surface area contributed by atoms with Crippen LogP contribution in [0.5, 0.6) is 0 Å². The zero-order chi connectivity index (χ0) is 14.7. The first-order valence-electron chi connectivity index (χ1n) is 8.77. The highest BCUT2D eigenvalue weighted by Crippen LogP contribution is 2.32. The van der Waals surface area contributed by atoms with E-state index in [0.717, 1.165) is 24.3 Å². The minimum absolute atomic E-state index is 0.617. The van der Waals surface area contributed by atoms with Gasteiger partial charge in [-0.2, -0.15) is 0 Å². The molecule has 0 radical (unpaired) electrons. The molecular weight excluding hydrogens is 256 g/mol. The largest absolute Gasteiger partial charge is 0.311 e. The zero-order valence-electron chi connectivity index (χ0n) is 13.6. The van der Waals surface area contributed by atoms with E-state index in [4.69, 9.17) is 0 Å². The highest BCUT2D eigenvalue weighted by atomic mass is 15.2. The second kappa shape index (κ2) is 6.93. The number of piperazine rings is 1. The Hall–Kier alpha value is -0.860. The van der Waals surface area contributed by atoms with Gasteiger partial charge in [-0.3, -0.25) is 4.90 Å². The molecule has 0 spiro atoms. The summed E-state index contributed by atoms with van der Waals surface area (Å²) in [5, 5.41) is 3.81. The van der Waals surface area contributed by atoms with Crippen molar-refractivity contribution in [3.8, 4) is 0 Å². The summed E-state index contributed by atoms with van der Waals surface area (Å²) in [7, 11) is 0. The Balaban J connectivity index is 1.61. The standard InChI is InChI=1S/C19H30N2/c1-3-15(2)19-12-20-18(11-16-7-5-4-6-8-16)14-21(19)13-17-9-10-17/h4-8,15,17-20H,3,9-14H2,1-2H3. The topological polar surface area (TPSA) is 15.3 Å². The van der Waals surface area contributed by atoms with Crippen molar-refractivity contribution in [2.24, 2.45) is 11.8 Å². The van der Waals surface area contributed by atoms with Gasteiger partial charge >= 0.3 is 0 Å². The van der Waals surface area contributed by atoms with Crippen LogP contribution in [0.3, 0.4) is 0 Å². The van der Waals surface area contributed by atoms with Crippen LogP contribution >= 0.6 is 0 Å². The average Bonchev–Trinajstić information content (AvgIpc) is 3.32. The molecule has 3 rings (SSSR count). The molecule has 3 unspecified atom stereocenters. The molecule has 1 saturated carbocycles. The first kappa shape index (κ1) is 15.1. The molecule has 1 saturated heterocycles. The SMILES string of the molecule is CCC(C)C1CNC(Cc2ccccc2)CN1CC1CC1. The van der Waals surface area contributed by atoms with E-state index in [9.17, 15) is 0 Å². The lowest BCUT2D eigenvalue weighted by Crippen LogP contribution is -2.59. The first-order chi connectivity index (χ1) is 10.3. The van der Waals surface area contributed by atoms with Crippen LogP contribution in [-0.2, 0) is 6.42 Å². The fourth-order valence-electron chi connectivity index (χ4n) is 3.61. The predicted octanol–water partition coefficient (Wildman–Crippen LogP) is 3.33. The molecule has 0 bridgehead atoms. The lowest BCUT2D eigenvalue weighted by Gasteiger charge is -2.43. The summed E-state index contributed by atoms with van der Waals surface area (Å²) in [5.74, 6) is 1.79. The van der Waals surface area contributed by atoms with Gasteiger partial charge in [-0.1, -0.05) is 50.6 Å². The minimum Gasteiger partial charge on any atom is -0.311 e. The lowest BCUT2D eigenvalue weighted by atomic mass is 9.92. The Morgan fingerprint density at radius 3 is 2.67 bits per heavy atom. The third kappa shape index (κ3) is 4.08. The predicted molar refractivity (Wildman–Crippen MR) is 89.5 cm³/mol. The molecular formula is C19H30N2. The van der Waals surface area contributed by atoms with Crippen molar-refractivity contribution in [1.82, 2.24) is 10.2 Å². The first-order valence-corrected chi connectivity index (χ1v) is 8.77. The molecule has 1 N–H and O–H groups in total. The van der Waals surface area contributed by atoms with Crippen molar-refractivity contribution in [3.05, 3.63) is 35.9 Å². The van der Waals surface area contributed by atoms with E-state index in [2.05, 4.69) is 54.4 Å². The summed E-state index contributed by atoms with van der Waals surface area (Å²) in [5.41, 5.74) is 1.46. The van der Waals surface area contributed by atoms with Crippen molar-refractivity contribution < 1.29 is 0 Å². The van der Waals surface area contributed by atoms with E-state index in [1.54, 1.807) is 0 Å². The highest BCUT2D eigenvalue weighted by Gasteiger charge is 2.34. The third-order valence-electron chi connectivity index (χ3n) is 5.35. The molecule has 1 heterocycles. The third-order valence-corrected chi connectivity index (χ3v) is 5.35. The fourth-order valence-corrected chi connectivity index (χ4v) is 3.61. The quantitative estimate of drug-likeness (QED) is 0.863. The van der Waals surface area contributed by atoms with Crippen molar-refractivity contribution >= 4 is 0 Å². The van der Waals surface area contributed by atoms with Crippen LogP contribution in [-0.4, -0.2) is 36.6 Å². The van der Waals surface area contributed by atoms with E-state index < -0.39 is 0 Å². The number of benzene rings is 1. The summed E-state index contributed by atoms with van der Waals surface area (Å²) >= 11 is 0. The molecule has 1 aromatic rings. The van der Waals surface area contributed by atoms with Crippen molar-refractivity contribution in [2.45, 2.75) is 51.6 Å². The van der Waals surface area contributed by atoms with E-state index in [1.165, 1.54) is 44.5 Å². The Kier molecular flexibility index (Phi) is 4.97. The summed E-state index contributed by atoms with van der Waals surface area (Å²) < 4.78 is 0. The molecule has 2 heteroatoms. The van der Waals surface area contributed by atoms with E-state index >= 15 is 0 Å². The summed E-state index contributed by atoms with van der Waals surface area (Å²) in [6.45, 7) is 8.47. The average molecular weight is 286 g/mol. The summed E-state index contributed by atoms with van der Waals surface area (Å²) in [6.07, 6.45) is 5.37. The molecule has 1 aliphatic carbocycles. The number of nitrogens with zero attached hydrogens (tertiary/aromatic N) is 1. The van der Waals surface area contributed by atoms with Gasteiger partial charge in [-0.05, 0) is 36.7 Å². The van der Waals surface area contributed by atoms with Crippen LogP contribution in [0.4, 0.5) is 0 Å². The highest BCUT2D eigenvalue weighted by molar-refractivity contribution is 5.16. The van der Waals surface area contributed by atoms with Crippen LogP contribution < -0.4 is 5.32 Å². The monoisotopic (exact) mass is 286 g/mol. The lowest BCUT2D eigenvalue weighted by molar-refractivity contribution is 0.0867. The molecule has 1 aromatic carbocycles. The van der Waals surface area contributed by atoms with E-state index in [-0.39, 0.29) is 0 Å². The van der Waals surface area contributed by atoms with Crippen LogP contribution in [0.1, 0.15) is 38.7 Å². The smallest absolute Gasteiger partial charge is 0.0247 e. The van der Waals surface area contributed by atoms with Crippen molar-refractivity contribution in [2.75, 3.05) is 19.6 Å². The van der Waals surface area contributed by atoms with Gasteiger partial charge in [0.25, 0.3) is 0 Å². The normalized spacial score (nSPS) is 28.5. The maximum Gasteiger partial charge on any atom is 0.0247 e. The van der Waals surface area contributed by atoms with Crippen molar-refractivity contribution in [1.29, 1.82) is 0 Å². The maximum atomic E-state index is 3.81. The Morgan fingerprint density at radius 1 is 1.24 bits per heavy atom. The van der Waals surface area contributed by atoms with Crippen LogP contribution in [0.15, 0.2) is 30.3 Å². The van der Waals surface area contributed by atoms with E-state index in [1.807, 2.05) is 0 Å². The maximum absolute atomic E-state index is 3.81. The van der Waals surface area contributed by atoms with Gasteiger partial charge in [-0.25, -0.2) is 0 Å². The van der Waals surface area contributed by atoms with Gasteiger partial charge in [0.2, 0.25) is 0 Å². The van der Waals surface area contributed by atoms with Crippen LogP contribution in [0.25, 0.3) is 0 Å². The summed E-state index contributed by atoms with van der Waals surface area (Å²) in [4.78, 5) is 2.80. The summed E-state index contributed by atoms with van der Waals surface area (Å²) in [6, 6.07) is 12.3. The number of hydrogen-bond donors (Lipinski definition) is 1. The zero-order valence-corrected chi connectivity index (χ0v) is 13.6. The fraction of sp³-hybridized carbons (Fsp3) is 0.684. The second-order valence-electron chi connectivity index (χ2n) is 7.15. The molecule has 0 aromatic heterocycles. The molecule has 2 aliphatic rings. The molecule has 2 fully saturated rings. The molecule has 2 nitrogen and oxygen atoms in total. The molecule has 3 atom stereocenters. The Labute approximate surface area is 129 Å². The number of hydrogen-bond acceptors (Lipinski definition) is 2. The Morgan fingerprint density at radius 2 is 2.00 bits per heavy atom. The number of nitrogens with one attached hydrogen (secondary N) is 1. The van der Waals surface area contributed by atoms with Gasteiger partial charge < -0.3 is 5.32 Å². The van der Waals surface area contributed by atoms with Gasteiger partial charge in [0.1, 0.15) is 0 Å².